The highest BCUT2D eigenvalue weighted by atomic mass is 16.5. The number of fused-ring (bicyclic) bond motifs is 1. The average Bonchev–Trinajstić information content (AvgIpc) is 3.53. The second kappa shape index (κ2) is 7.43. The third-order valence-corrected chi connectivity index (χ3v) is 4.41. The monoisotopic (exact) mass is 400 g/mol. The molecule has 0 unspecified atom stereocenters. The van der Waals surface area contributed by atoms with Gasteiger partial charge in [-0.2, -0.15) is 10.1 Å². The Bertz CT molecular complexity index is 1320. The summed E-state index contributed by atoms with van der Waals surface area (Å²) in [5.41, 5.74) is 4.27. The third-order valence-electron chi connectivity index (χ3n) is 4.41. The first-order valence-corrected chi connectivity index (χ1v) is 9.03. The van der Waals surface area contributed by atoms with Crippen molar-refractivity contribution in [1.82, 2.24) is 30.3 Å². The SMILES string of the molecule is O/C=C(\Nc1cccc(-c2nc(Nc3ccc4[nH]ncc4c3)no2)c1)c1c[nH]cn1. The van der Waals surface area contributed by atoms with E-state index in [1.807, 2.05) is 42.5 Å². The fourth-order valence-electron chi connectivity index (χ4n) is 3.00. The highest BCUT2D eigenvalue weighted by molar-refractivity contribution is 5.82. The lowest BCUT2D eigenvalue weighted by atomic mass is 10.2. The van der Waals surface area contributed by atoms with E-state index < -0.39 is 0 Å². The van der Waals surface area contributed by atoms with E-state index >= 15 is 0 Å². The quantitative estimate of drug-likeness (QED) is 0.269. The van der Waals surface area contributed by atoms with Crippen molar-refractivity contribution in [1.29, 1.82) is 0 Å². The number of aromatic nitrogens is 6. The number of aliphatic hydroxyl groups excluding tert-OH is 1. The van der Waals surface area contributed by atoms with Crippen LogP contribution in [0.3, 0.4) is 0 Å². The molecule has 10 nitrogen and oxygen atoms in total. The van der Waals surface area contributed by atoms with E-state index in [4.69, 9.17) is 4.52 Å². The Morgan fingerprint density at radius 2 is 2.10 bits per heavy atom. The smallest absolute Gasteiger partial charge is 0.268 e. The number of aliphatic hydroxyl groups is 1. The third kappa shape index (κ3) is 3.44. The van der Waals surface area contributed by atoms with Gasteiger partial charge in [-0.25, -0.2) is 4.98 Å². The Morgan fingerprint density at radius 1 is 1.13 bits per heavy atom. The van der Waals surface area contributed by atoms with Crippen LogP contribution in [0, 0.1) is 0 Å². The summed E-state index contributed by atoms with van der Waals surface area (Å²) in [6.07, 6.45) is 5.93. The molecule has 3 heterocycles. The second-order valence-corrected chi connectivity index (χ2v) is 6.42. The van der Waals surface area contributed by atoms with E-state index in [1.54, 1.807) is 12.4 Å². The molecule has 0 saturated carbocycles. The Hall–Kier alpha value is -4.60. The molecule has 5 N–H and O–H groups in total. The van der Waals surface area contributed by atoms with E-state index in [0.717, 1.165) is 34.1 Å². The van der Waals surface area contributed by atoms with E-state index in [1.165, 1.54) is 6.33 Å². The minimum Gasteiger partial charge on any atom is -0.513 e. The van der Waals surface area contributed by atoms with Crippen molar-refractivity contribution in [2.45, 2.75) is 0 Å². The van der Waals surface area contributed by atoms with Gasteiger partial charge in [0.2, 0.25) is 0 Å². The number of nitrogens with one attached hydrogen (secondary N) is 4. The molecule has 148 valence electrons. The Morgan fingerprint density at radius 3 is 2.97 bits per heavy atom. The number of aromatic amines is 2. The molecule has 0 amide bonds. The van der Waals surface area contributed by atoms with Crippen molar-refractivity contribution in [2.24, 2.45) is 0 Å². The number of anilines is 3. The summed E-state index contributed by atoms with van der Waals surface area (Å²) in [6.45, 7) is 0. The average molecular weight is 400 g/mol. The molecule has 0 spiro atoms. The van der Waals surface area contributed by atoms with E-state index in [0.29, 0.717) is 23.2 Å². The molecule has 5 rings (SSSR count). The van der Waals surface area contributed by atoms with Crippen LogP contribution in [0.4, 0.5) is 17.3 Å². The fraction of sp³-hybridized carbons (Fsp3) is 0. The predicted molar refractivity (Wildman–Crippen MR) is 112 cm³/mol. The van der Waals surface area contributed by atoms with Gasteiger partial charge < -0.3 is 25.2 Å². The summed E-state index contributed by atoms with van der Waals surface area (Å²) >= 11 is 0. The molecule has 0 radical (unpaired) electrons. The highest BCUT2D eigenvalue weighted by Crippen LogP contribution is 2.26. The van der Waals surface area contributed by atoms with Gasteiger partial charge in [-0.1, -0.05) is 6.07 Å². The van der Waals surface area contributed by atoms with Gasteiger partial charge in [0.05, 0.1) is 18.0 Å². The summed E-state index contributed by atoms with van der Waals surface area (Å²) in [5, 5.41) is 27.6. The van der Waals surface area contributed by atoms with Gasteiger partial charge in [0, 0.05) is 28.5 Å². The fourth-order valence-corrected chi connectivity index (χ4v) is 3.00. The lowest BCUT2D eigenvalue weighted by Gasteiger charge is -2.08. The molecule has 0 aliphatic carbocycles. The van der Waals surface area contributed by atoms with Crippen LogP contribution in [0.1, 0.15) is 5.69 Å². The molecule has 0 saturated heterocycles. The largest absolute Gasteiger partial charge is 0.513 e. The van der Waals surface area contributed by atoms with Crippen molar-refractivity contribution >= 4 is 33.9 Å². The zero-order valence-electron chi connectivity index (χ0n) is 15.5. The Labute approximate surface area is 169 Å². The highest BCUT2D eigenvalue weighted by Gasteiger charge is 2.11. The summed E-state index contributed by atoms with van der Waals surface area (Å²) in [4.78, 5) is 11.4. The maximum Gasteiger partial charge on any atom is 0.268 e. The van der Waals surface area contributed by atoms with Crippen molar-refractivity contribution in [3.05, 3.63) is 73.1 Å². The molecule has 0 aliphatic heterocycles. The van der Waals surface area contributed by atoms with Crippen molar-refractivity contribution in [3.63, 3.8) is 0 Å². The molecule has 30 heavy (non-hydrogen) atoms. The van der Waals surface area contributed by atoms with Gasteiger partial charge in [0.25, 0.3) is 11.8 Å². The number of hydrogen-bond acceptors (Lipinski definition) is 8. The minimum absolute atomic E-state index is 0.346. The van der Waals surface area contributed by atoms with Crippen LogP contribution < -0.4 is 10.6 Å². The maximum absolute atomic E-state index is 9.51. The van der Waals surface area contributed by atoms with E-state index in [2.05, 4.69) is 40.9 Å². The van der Waals surface area contributed by atoms with Gasteiger partial charge >= 0.3 is 0 Å². The minimum atomic E-state index is 0.346. The van der Waals surface area contributed by atoms with E-state index in [9.17, 15) is 5.11 Å². The summed E-state index contributed by atoms with van der Waals surface area (Å²) in [5.74, 6) is 0.707. The normalized spacial score (nSPS) is 11.7. The standard InChI is InChI=1S/C20H16N8O2/c29-10-18(17-9-21-11-22-17)24-14-3-1-2-12(6-14)19-26-20(28-30-19)25-15-4-5-16-13(7-15)8-23-27-16/h1-11,24,29H,(H,21,22)(H,23,27)(H,25,28)/b18-10-. The molecular weight excluding hydrogens is 384 g/mol. The number of hydrogen-bond donors (Lipinski definition) is 5. The maximum atomic E-state index is 9.51. The van der Waals surface area contributed by atoms with Gasteiger partial charge in [-0.3, -0.25) is 5.10 Å². The zero-order valence-corrected chi connectivity index (χ0v) is 15.5. The molecule has 0 bridgehead atoms. The number of nitrogens with zero attached hydrogens (tertiary/aromatic N) is 4. The molecule has 0 fully saturated rings. The van der Waals surface area contributed by atoms with Gasteiger partial charge in [0.1, 0.15) is 17.7 Å². The summed E-state index contributed by atoms with van der Waals surface area (Å²) < 4.78 is 5.40. The van der Waals surface area contributed by atoms with Crippen LogP contribution in [0.5, 0.6) is 0 Å². The van der Waals surface area contributed by atoms with Gasteiger partial charge in [-0.05, 0) is 41.6 Å². The zero-order chi connectivity index (χ0) is 20.3. The summed E-state index contributed by atoms with van der Waals surface area (Å²) in [6, 6.07) is 13.2. The first kappa shape index (κ1) is 17.5. The topological polar surface area (TPSA) is 141 Å². The molecule has 2 aromatic carbocycles. The number of H-pyrrole nitrogens is 2. The van der Waals surface area contributed by atoms with Crippen LogP contribution in [-0.4, -0.2) is 35.4 Å². The Balaban J connectivity index is 1.35. The summed E-state index contributed by atoms with van der Waals surface area (Å²) in [7, 11) is 0. The van der Waals surface area contributed by atoms with Crippen molar-refractivity contribution < 1.29 is 9.63 Å². The van der Waals surface area contributed by atoms with Crippen LogP contribution in [0.25, 0.3) is 28.1 Å². The first-order chi connectivity index (χ1) is 14.8. The molecular formula is C20H16N8O2. The number of imidazole rings is 1. The van der Waals surface area contributed by atoms with Crippen LogP contribution >= 0.6 is 0 Å². The number of rotatable bonds is 6. The lowest BCUT2D eigenvalue weighted by molar-refractivity contribution is 0.433. The molecule has 0 atom stereocenters. The van der Waals surface area contributed by atoms with Gasteiger partial charge in [0.15, 0.2) is 0 Å². The van der Waals surface area contributed by atoms with Crippen LogP contribution in [-0.2, 0) is 0 Å². The molecule has 5 aromatic rings. The first-order valence-electron chi connectivity index (χ1n) is 9.03. The van der Waals surface area contributed by atoms with Gasteiger partial charge in [-0.15, -0.1) is 0 Å². The molecule has 0 aliphatic rings. The van der Waals surface area contributed by atoms with Crippen molar-refractivity contribution in [2.75, 3.05) is 10.6 Å². The molecule has 10 heteroatoms. The van der Waals surface area contributed by atoms with Crippen LogP contribution in [0.2, 0.25) is 0 Å². The lowest BCUT2D eigenvalue weighted by Crippen LogP contribution is -1.99. The molecule has 3 aromatic heterocycles. The number of benzene rings is 2. The predicted octanol–water partition coefficient (Wildman–Crippen LogP) is 4.05. The van der Waals surface area contributed by atoms with E-state index in [-0.39, 0.29) is 0 Å². The Kier molecular flexibility index (Phi) is 4.33. The second-order valence-electron chi connectivity index (χ2n) is 6.42. The van der Waals surface area contributed by atoms with Crippen molar-refractivity contribution in [3.8, 4) is 11.5 Å². The van der Waals surface area contributed by atoms with Crippen LogP contribution in [0.15, 0.2) is 72.0 Å².